The number of amides is 1. The van der Waals surface area contributed by atoms with Crippen molar-refractivity contribution in [1.29, 1.82) is 0 Å². The summed E-state index contributed by atoms with van der Waals surface area (Å²) in [5.74, 6) is 0.00273. The van der Waals surface area contributed by atoms with E-state index in [1.165, 1.54) is 0 Å². The minimum absolute atomic E-state index is 0.00273. The summed E-state index contributed by atoms with van der Waals surface area (Å²) in [5.41, 5.74) is 2.75. The zero-order chi connectivity index (χ0) is 13.5. The number of rotatable bonds is 6. The third-order valence-corrected chi connectivity index (χ3v) is 3.06. The Morgan fingerprint density at radius 1 is 1.39 bits per heavy atom. The van der Waals surface area contributed by atoms with Gasteiger partial charge in [0.25, 0.3) is 5.91 Å². The van der Waals surface area contributed by atoms with Crippen LogP contribution in [-0.4, -0.2) is 19.0 Å². The molecular weight excluding hydrogens is 224 g/mol. The van der Waals surface area contributed by atoms with Crippen molar-refractivity contribution < 1.29 is 4.79 Å². The van der Waals surface area contributed by atoms with Gasteiger partial charge in [-0.15, -0.1) is 0 Å². The Morgan fingerprint density at radius 2 is 2.11 bits per heavy atom. The third-order valence-electron chi connectivity index (χ3n) is 3.06. The van der Waals surface area contributed by atoms with E-state index in [0.717, 1.165) is 30.5 Å². The molecule has 0 fully saturated rings. The number of carbonyl (C=O) groups is 1. The minimum Gasteiger partial charge on any atom is -0.387 e. The summed E-state index contributed by atoms with van der Waals surface area (Å²) in [4.78, 5) is 12.2. The van der Waals surface area contributed by atoms with Gasteiger partial charge in [0.15, 0.2) is 0 Å². The van der Waals surface area contributed by atoms with Crippen LogP contribution < -0.4 is 10.6 Å². The van der Waals surface area contributed by atoms with E-state index in [0.29, 0.717) is 5.56 Å². The third kappa shape index (κ3) is 4.06. The zero-order valence-corrected chi connectivity index (χ0v) is 11.8. The van der Waals surface area contributed by atoms with Crippen LogP contribution in [0.4, 0.5) is 5.69 Å². The topological polar surface area (TPSA) is 41.1 Å². The number of anilines is 1. The van der Waals surface area contributed by atoms with Crippen molar-refractivity contribution in [3.8, 4) is 0 Å². The average molecular weight is 248 g/mol. The van der Waals surface area contributed by atoms with Gasteiger partial charge in [0.2, 0.25) is 0 Å². The van der Waals surface area contributed by atoms with Gasteiger partial charge >= 0.3 is 0 Å². The van der Waals surface area contributed by atoms with Crippen LogP contribution >= 0.6 is 0 Å². The largest absolute Gasteiger partial charge is 0.387 e. The molecule has 0 aliphatic rings. The van der Waals surface area contributed by atoms with Gasteiger partial charge in [0.05, 0.1) is 5.56 Å². The van der Waals surface area contributed by atoms with E-state index in [2.05, 4.69) is 24.5 Å². The molecule has 100 valence electrons. The first-order chi connectivity index (χ1) is 8.58. The summed E-state index contributed by atoms with van der Waals surface area (Å²) < 4.78 is 0. The molecule has 0 aliphatic heterocycles. The first kappa shape index (κ1) is 14.6. The van der Waals surface area contributed by atoms with Crippen LogP contribution in [0, 0.1) is 6.92 Å². The van der Waals surface area contributed by atoms with Crippen molar-refractivity contribution in [3.05, 3.63) is 29.3 Å². The van der Waals surface area contributed by atoms with Crippen LogP contribution in [0.1, 0.15) is 49.0 Å². The minimum atomic E-state index is 0.00273. The Morgan fingerprint density at radius 3 is 2.72 bits per heavy atom. The summed E-state index contributed by atoms with van der Waals surface area (Å²) in [7, 11) is 1.84. The van der Waals surface area contributed by atoms with Gasteiger partial charge in [-0.25, -0.2) is 0 Å². The number of benzene rings is 1. The maximum absolute atomic E-state index is 12.2. The van der Waals surface area contributed by atoms with Gasteiger partial charge in [-0.1, -0.05) is 25.8 Å². The van der Waals surface area contributed by atoms with Crippen molar-refractivity contribution in [2.24, 2.45) is 0 Å². The Hall–Kier alpha value is -1.51. The summed E-state index contributed by atoms with van der Waals surface area (Å²) in [5, 5.41) is 6.12. The number of unbranched alkanes of at least 4 members (excludes halogenated alkanes) is 1. The maximum Gasteiger partial charge on any atom is 0.253 e. The second kappa shape index (κ2) is 7.04. The Labute approximate surface area is 110 Å². The van der Waals surface area contributed by atoms with Gasteiger partial charge < -0.3 is 10.6 Å². The van der Waals surface area contributed by atoms with Gasteiger partial charge in [-0.2, -0.15) is 0 Å². The van der Waals surface area contributed by atoms with Crippen molar-refractivity contribution in [1.82, 2.24) is 5.32 Å². The second-order valence-electron chi connectivity index (χ2n) is 4.82. The van der Waals surface area contributed by atoms with E-state index < -0.39 is 0 Å². The van der Waals surface area contributed by atoms with Crippen molar-refractivity contribution in [2.45, 2.75) is 46.1 Å². The number of aryl methyl sites for hydroxylation is 1. The van der Waals surface area contributed by atoms with E-state index in [1.54, 1.807) is 0 Å². The molecule has 1 atom stereocenters. The fourth-order valence-corrected chi connectivity index (χ4v) is 1.95. The number of hydrogen-bond acceptors (Lipinski definition) is 2. The smallest absolute Gasteiger partial charge is 0.253 e. The molecule has 0 saturated heterocycles. The summed E-state index contributed by atoms with van der Waals surface area (Å²) in [6.45, 7) is 6.24. The standard InChI is InChI=1S/C15H24N2O/c1-5-6-7-12(3)17-15(18)13-9-8-11(2)10-14(13)16-4/h8-10,12,16H,5-7H2,1-4H3,(H,17,18). The molecule has 0 bridgehead atoms. The van der Waals surface area contributed by atoms with E-state index >= 15 is 0 Å². The van der Waals surface area contributed by atoms with Crippen molar-refractivity contribution >= 4 is 11.6 Å². The molecule has 3 heteroatoms. The monoisotopic (exact) mass is 248 g/mol. The van der Waals surface area contributed by atoms with Crippen LogP contribution in [-0.2, 0) is 0 Å². The SMILES string of the molecule is CCCCC(C)NC(=O)c1ccc(C)cc1NC. The van der Waals surface area contributed by atoms with Gasteiger partial charge in [-0.05, 0) is 38.0 Å². The summed E-state index contributed by atoms with van der Waals surface area (Å²) in [6.07, 6.45) is 3.34. The average Bonchev–Trinajstić information content (AvgIpc) is 2.35. The molecule has 2 N–H and O–H groups in total. The lowest BCUT2D eigenvalue weighted by Gasteiger charge is -2.15. The lowest BCUT2D eigenvalue weighted by Crippen LogP contribution is -2.32. The van der Waals surface area contributed by atoms with E-state index in [-0.39, 0.29) is 11.9 Å². The molecule has 0 aliphatic carbocycles. The molecular formula is C15H24N2O. The zero-order valence-electron chi connectivity index (χ0n) is 11.8. The number of hydrogen-bond donors (Lipinski definition) is 2. The van der Waals surface area contributed by atoms with Crippen LogP contribution in [0.25, 0.3) is 0 Å². The highest BCUT2D eigenvalue weighted by molar-refractivity contribution is 5.99. The quantitative estimate of drug-likeness (QED) is 0.810. The summed E-state index contributed by atoms with van der Waals surface area (Å²) in [6, 6.07) is 6.06. The molecule has 0 aromatic heterocycles. The van der Waals surface area contributed by atoms with Crippen LogP contribution in [0.15, 0.2) is 18.2 Å². The fourth-order valence-electron chi connectivity index (χ4n) is 1.95. The highest BCUT2D eigenvalue weighted by Gasteiger charge is 2.13. The Kier molecular flexibility index (Phi) is 5.69. The second-order valence-corrected chi connectivity index (χ2v) is 4.82. The number of carbonyl (C=O) groups excluding carboxylic acids is 1. The van der Waals surface area contributed by atoms with Gasteiger partial charge in [0.1, 0.15) is 0 Å². The van der Waals surface area contributed by atoms with E-state index in [9.17, 15) is 4.79 Å². The Balaban J connectivity index is 2.72. The van der Waals surface area contributed by atoms with Crippen LogP contribution in [0.2, 0.25) is 0 Å². The molecule has 18 heavy (non-hydrogen) atoms. The molecule has 0 spiro atoms. The predicted molar refractivity (Wildman–Crippen MR) is 77.2 cm³/mol. The maximum atomic E-state index is 12.2. The molecule has 3 nitrogen and oxygen atoms in total. The van der Waals surface area contributed by atoms with Gasteiger partial charge in [-0.3, -0.25) is 4.79 Å². The first-order valence-electron chi connectivity index (χ1n) is 6.67. The van der Waals surface area contributed by atoms with Crippen LogP contribution in [0.5, 0.6) is 0 Å². The van der Waals surface area contributed by atoms with Gasteiger partial charge in [0, 0.05) is 18.8 Å². The van der Waals surface area contributed by atoms with Crippen molar-refractivity contribution in [3.63, 3.8) is 0 Å². The molecule has 1 aromatic carbocycles. The normalized spacial score (nSPS) is 12.0. The predicted octanol–water partition coefficient (Wildman–Crippen LogP) is 3.35. The fraction of sp³-hybridized carbons (Fsp3) is 0.533. The lowest BCUT2D eigenvalue weighted by molar-refractivity contribution is 0.0939. The van der Waals surface area contributed by atoms with Crippen LogP contribution in [0.3, 0.4) is 0 Å². The molecule has 1 aromatic rings. The van der Waals surface area contributed by atoms with E-state index in [4.69, 9.17) is 0 Å². The highest BCUT2D eigenvalue weighted by Crippen LogP contribution is 2.17. The molecule has 0 radical (unpaired) electrons. The molecule has 1 rings (SSSR count). The van der Waals surface area contributed by atoms with Crippen molar-refractivity contribution in [2.75, 3.05) is 12.4 Å². The Bertz CT molecular complexity index is 401. The number of nitrogens with one attached hydrogen (secondary N) is 2. The molecule has 1 amide bonds. The van der Waals surface area contributed by atoms with E-state index in [1.807, 2.05) is 32.2 Å². The lowest BCUT2D eigenvalue weighted by atomic mass is 10.1. The first-order valence-corrected chi connectivity index (χ1v) is 6.67. The highest BCUT2D eigenvalue weighted by atomic mass is 16.1. The summed E-state index contributed by atoms with van der Waals surface area (Å²) >= 11 is 0. The molecule has 0 saturated carbocycles. The molecule has 1 unspecified atom stereocenters. The molecule has 0 heterocycles.